The molecule has 0 aliphatic rings. The van der Waals surface area contributed by atoms with Crippen LogP contribution in [0.5, 0.6) is 0 Å². The smallest absolute Gasteiger partial charge is 0.298 e. The van der Waals surface area contributed by atoms with Crippen molar-refractivity contribution in [3.8, 4) is 22.3 Å². The molecule has 0 amide bonds. The van der Waals surface area contributed by atoms with Gasteiger partial charge in [-0.15, -0.1) is 0 Å². The van der Waals surface area contributed by atoms with Crippen molar-refractivity contribution in [3.05, 3.63) is 82.9 Å². The molecule has 3 rings (SSSR count). The quantitative estimate of drug-likeness (QED) is 0.0940. The van der Waals surface area contributed by atoms with Gasteiger partial charge in [0.05, 0.1) is 0 Å². The van der Waals surface area contributed by atoms with E-state index in [4.69, 9.17) is 0 Å². The van der Waals surface area contributed by atoms with Crippen LogP contribution >= 0.6 is 0 Å². The third-order valence-electron chi connectivity index (χ3n) is 9.99. The van der Waals surface area contributed by atoms with Crippen molar-refractivity contribution in [1.82, 2.24) is 0 Å². The third-order valence-corrected chi connectivity index (χ3v) is 9.99. The molecule has 0 fully saturated rings. The molecule has 0 saturated heterocycles. The van der Waals surface area contributed by atoms with E-state index in [-0.39, 0.29) is 61.1 Å². The highest BCUT2D eigenvalue weighted by atomic mass is 19.4. The summed E-state index contributed by atoms with van der Waals surface area (Å²) < 4.78 is 486. The number of halogens is 34. The zero-order valence-electron chi connectivity index (χ0n) is 32.6. The molecule has 0 N–H and O–H groups in total. The van der Waals surface area contributed by atoms with E-state index in [9.17, 15) is 106 Å². The zero-order chi connectivity index (χ0) is 57.1. The minimum absolute atomic E-state index is 0.0841. The Morgan fingerprint density at radius 3 is 0.611 bits per heavy atom. The number of carbonyl (C=O) groups excluding carboxylic acids is 2. The van der Waals surface area contributed by atoms with Gasteiger partial charge in [-0.3, -0.25) is 9.59 Å². The summed E-state index contributed by atoms with van der Waals surface area (Å²) in [4.78, 5) is 22.2. The molecular formula is C36H12F34O2. The molecule has 0 radical (unpaired) electrons. The van der Waals surface area contributed by atoms with E-state index < -0.39 is 152 Å². The SMILES string of the molecule is O=Cc1ccc(-c2cc(C(F)(F)C(F)(F)C(F)(F)C(F)(F)C(F)(F)C(F)(F)C(F)(F)C(F)(F)F)c(-c3ccc(C=O)cc3)cc2C(F)(F)C(F)(F)C(F)(F)C(F)(F)C(F)(F)C(F)(F)C(F)(F)C(F)(F)F)cc1. The highest BCUT2D eigenvalue weighted by Gasteiger charge is 2.97. The molecule has 2 nitrogen and oxygen atoms in total. The van der Waals surface area contributed by atoms with Crippen LogP contribution in [-0.4, -0.2) is 96.0 Å². The summed E-state index contributed by atoms with van der Waals surface area (Å²) in [5.74, 6) is -125. The van der Waals surface area contributed by atoms with Gasteiger partial charge in [0.2, 0.25) is 0 Å². The van der Waals surface area contributed by atoms with Crippen molar-refractivity contribution in [3.63, 3.8) is 0 Å². The number of aldehydes is 2. The first-order valence-corrected chi connectivity index (χ1v) is 17.3. The minimum atomic E-state index is -9.39. The summed E-state index contributed by atoms with van der Waals surface area (Å²) in [5, 5.41) is 0. The van der Waals surface area contributed by atoms with Crippen molar-refractivity contribution in [1.29, 1.82) is 0 Å². The van der Waals surface area contributed by atoms with Gasteiger partial charge in [0.25, 0.3) is 0 Å². The second-order valence-electron chi connectivity index (χ2n) is 14.5. The first-order chi connectivity index (χ1) is 31.5. The second-order valence-corrected chi connectivity index (χ2v) is 14.5. The van der Waals surface area contributed by atoms with Crippen LogP contribution in [-0.2, 0) is 11.8 Å². The van der Waals surface area contributed by atoms with Gasteiger partial charge in [0, 0.05) is 22.3 Å². The standard InChI is InChI=1S/C36H12F34O2/c37-21(38,23(41,42)25(45,46)27(49,50)29(53,54)31(57,58)33(61,62)35(65,66)67)19-10-18(16-7-3-14(12-72)4-8-16)20(9-17(19)15-5-1-13(11-71)2-6-15)22(39,40)24(43,44)26(47,48)28(51,52)30(55,56)32(59,60)34(63,64)36(68,69)70/h1-12H. The van der Waals surface area contributed by atoms with E-state index >= 15 is 52.7 Å². The lowest BCUT2D eigenvalue weighted by Gasteiger charge is -2.43. The predicted molar refractivity (Wildman–Crippen MR) is 167 cm³/mol. The lowest BCUT2D eigenvalue weighted by Crippen LogP contribution is -2.74. The van der Waals surface area contributed by atoms with E-state index in [1.54, 1.807) is 0 Å². The fourth-order valence-corrected chi connectivity index (χ4v) is 5.75. The molecule has 36 heteroatoms. The molecule has 0 aliphatic heterocycles. The average Bonchev–Trinajstić information content (AvgIpc) is 3.24. The molecule has 0 saturated carbocycles. The molecule has 3 aromatic rings. The van der Waals surface area contributed by atoms with Crippen LogP contribution < -0.4 is 0 Å². The maximum Gasteiger partial charge on any atom is 0.460 e. The summed E-state index contributed by atoms with van der Waals surface area (Å²) in [5.41, 5.74) is -19.0. The fourth-order valence-electron chi connectivity index (χ4n) is 5.75. The van der Waals surface area contributed by atoms with Gasteiger partial charge in [0.1, 0.15) is 12.6 Å². The number of benzene rings is 3. The molecule has 0 aromatic heterocycles. The zero-order valence-corrected chi connectivity index (χ0v) is 32.6. The normalized spacial score (nSPS) is 15.5. The first-order valence-electron chi connectivity index (χ1n) is 17.3. The Balaban J connectivity index is 2.66. The maximum atomic E-state index is 16.1. The van der Waals surface area contributed by atoms with Gasteiger partial charge in [-0.25, -0.2) is 0 Å². The van der Waals surface area contributed by atoms with Crippen molar-refractivity contribution in [2.75, 3.05) is 0 Å². The van der Waals surface area contributed by atoms with E-state index in [1.165, 1.54) is 0 Å². The average molecular weight is 1120 g/mol. The summed E-state index contributed by atoms with van der Waals surface area (Å²) in [6.45, 7) is 0. The Morgan fingerprint density at radius 1 is 0.250 bits per heavy atom. The Hall–Kier alpha value is -5.38. The van der Waals surface area contributed by atoms with Gasteiger partial charge in [-0.05, 0) is 34.4 Å². The van der Waals surface area contributed by atoms with Crippen LogP contribution in [0, 0.1) is 0 Å². The van der Waals surface area contributed by atoms with Crippen molar-refractivity contribution in [2.24, 2.45) is 0 Å². The number of alkyl halides is 34. The predicted octanol–water partition coefficient (Wildman–Crippen LogP) is 15.6. The van der Waals surface area contributed by atoms with Gasteiger partial charge >= 0.3 is 95.3 Å². The van der Waals surface area contributed by atoms with Crippen LogP contribution in [0.4, 0.5) is 149 Å². The molecule has 0 spiro atoms. The minimum Gasteiger partial charge on any atom is -0.298 e. The summed E-state index contributed by atoms with van der Waals surface area (Å²) in [6.07, 6.45) is -17.2. The monoisotopic (exact) mass is 1120 g/mol. The van der Waals surface area contributed by atoms with Crippen LogP contribution in [0.15, 0.2) is 60.7 Å². The van der Waals surface area contributed by atoms with E-state index in [2.05, 4.69) is 0 Å². The lowest BCUT2D eigenvalue weighted by molar-refractivity contribution is -0.462. The highest BCUT2D eigenvalue weighted by molar-refractivity contribution is 5.82. The molecule has 72 heavy (non-hydrogen) atoms. The summed E-state index contributed by atoms with van der Waals surface area (Å²) in [6, 6.07) is -3.69. The fraction of sp³-hybridized carbons (Fsp3) is 0.444. The maximum absolute atomic E-state index is 16.1. The second kappa shape index (κ2) is 17.1. The molecule has 0 heterocycles. The third kappa shape index (κ3) is 8.02. The number of rotatable bonds is 18. The van der Waals surface area contributed by atoms with Crippen molar-refractivity contribution in [2.45, 2.75) is 95.3 Å². The molecule has 0 bridgehead atoms. The van der Waals surface area contributed by atoms with Crippen molar-refractivity contribution >= 4 is 12.6 Å². The topological polar surface area (TPSA) is 34.1 Å². The van der Waals surface area contributed by atoms with Gasteiger partial charge < -0.3 is 0 Å². The Kier molecular flexibility index (Phi) is 14.5. The summed E-state index contributed by atoms with van der Waals surface area (Å²) in [7, 11) is 0. The molecule has 0 aliphatic carbocycles. The number of hydrogen-bond donors (Lipinski definition) is 0. The lowest BCUT2D eigenvalue weighted by atomic mass is 9.80. The first kappa shape index (κ1) is 60.9. The summed E-state index contributed by atoms with van der Waals surface area (Å²) >= 11 is 0. The van der Waals surface area contributed by atoms with Gasteiger partial charge in [0.15, 0.2) is 0 Å². The van der Waals surface area contributed by atoms with Gasteiger partial charge in [-0.1, -0.05) is 48.5 Å². The van der Waals surface area contributed by atoms with Crippen LogP contribution in [0.1, 0.15) is 31.8 Å². The Bertz CT molecular complexity index is 2320. The van der Waals surface area contributed by atoms with E-state index in [0.717, 1.165) is 0 Å². The molecule has 0 unspecified atom stereocenters. The Morgan fingerprint density at radius 2 is 0.431 bits per heavy atom. The molecular weight excluding hydrogens is 1110 g/mol. The molecule has 3 aromatic carbocycles. The van der Waals surface area contributed by atoms with Gasteiger partial charge in [-0.2, -0.15) is 149 Å². The largest absolute Gasteiger partial charge is 0.460 e. The molecule has 406 valence electrons. The van der Waals surface area contributed by atoms with E-state index in [0.29, 0.717) is 0 Å². The van der Waals surface area contributed by atoms with E-state index in [1.807, 2.05) is 0 Å². The van der Waals surface area contributed by atoms with Crippen LogP contribution in [0.3, 0.4) is 0 Å². The Labute approximate surface area is 372 Å². The number of hydrogen-bond acceptors (Lipinski definition) is 2. The molecule has 0 atom stereocenters. The van der Waals surface area contributed by atoms with Crippen LogP contribution in [0.25, 0.3) is 22.3 Å². The highest BCUT2D eigenvalue weighted by Crippen LogP contribution is 2.68. The number of carbonyl (C=O) groups is 2. The van der Waals surface area contributed by atoms with Crippen molar-refractivity contribution < 1.29 is 159 Å². The van der Waals surface area contributed by atoms with Crippen LogP contribution in [0.2, 0.25) is 0 Å².